The van der Waals surface area contributed by atoms with Crippen molar-refractivity contribution in [3.05, 3.63) is 24.0 Å². The molecule has 1 aromatic carbocycles. The van der Waals surface area contributed by atoms with Crippen LogP contribution in [0.3, 0.4) is 0 Å². The first-order chi connectivity index (χ1) is 10.2. The highest BCUT2D eigenvalue weighted by Crippen LogP contribution is 2.44. The molecule has 2 aromatic rings. The minimum Gasteiger partial charge on any atom is -0.493 e. The van der Waals surface area contributed by atoms with Gasteiger partial charge in [0.15, 0.2) is 11.5 Å². The Hall–Kier alpha value is -2.17. The van der Waals surface area contributed by atoms with Gasteiger partial charge in [-0.15, -0.1) is 0 Å². The molecule has 0 aliphatic heterocycles. The molecule has 3 rings (SSSR count). The topological polar surface area (TPSA) is 62.3 Å². The summed E-state index contributed by atoms with van der Waals surface area (Å²) in [5.41, 5.74) is 8.04. The van der Waals surface area contributed by atoms with Crippen molar-refractivity contribution in [2.75, 3.05) is 20.0 Å². The Morgan fingerprint density at radius 3 is 2.62 bits per heavy atom. The zero-order chi connectivity index (χ0) is 15.0. The van der Waals surface area contributed by atoms with E-state index < -0.39 is 0 Å². The van der Waals surface area contributed by atoms with Gasteiger partial charge in [-0.1, -0.05) is 13.0 Å². The minimum atomic E-state index is 0.512. The summed E-state index contributed by atoms with van der Waals surface area (Å²) in [7, 11) is 3.27. The van der Waals surface area contributed by atoms with E-state index >= 15 is 0 Å². The summed E-state index contributed by atoms with van der Waals surface area (Å²) < 4.78 is 13.0. The molecule has 2 N–H and O–H groups in total. The maximum absolute atomic E-state index is 6.37. The number of hydrogen-bond acceptors (Lipinski definition) is 4. The number of ether oxygens (including phenoxy) is 2. The van der Waals surface area contributed by atoms with Crippen LogP contribution >= 0.6 is 0 Å². The van der Waals surface area contributed by atoms with E-state index in [9.17, 15) is 0 Å². The fourth-order valence-electron chi connectivity index (χ4n) is 2.75. The molecule has 0 unspecified atom stereocenters. The maximum Gasteiger partial charge on any atom is 0.170 e. The van der Waals surface area contributed by atoms with Crippen LogP contribution in [0.5, 0.6) is 11.5 Å². The van der Waals surface area contributed by atoms with E-state index in [0.29, 0.717) is 17.5 Å². The van der Waals surface area contributed by atoms with Gasteiger partial charge in [-0.05, 0) is 25.0 Å². The van der Waals surface area contributed by atoms with Gasteiger partial charge < -0.3 is 19.8 Å². The molecule has 0 radical (unpaired) electrons. The van der Waals surface area contributed by atoms with E-state index in [0.717, 1.165) is 29.3 Å². The lowest BCUT2D eigenvalue weighted by Crippen LogP contribution is -2.04. The number of methoxy groups -OCH3 is 2. The summed E-state index contributed by atoms with van der Waals surface area (Å²) >= 11 is 0. The van der Waals surface area contributed by atoms with Crippen LogP contribution in [0.25, 0.3) is 11.3 Å². The van der Waals surface area contributed by atoms with Crippen LogP contribution in [0.4, 0.5) is 5.82 Å². The second-order valence-electron chi connectivity index (χ2n) is 5.26. The van der Waals surface area contributed by atoms with Crippen LogP contribution in [-0.2, 0) is 6.42 Å². The highest BCUT2D eigenvalue weighted by atomic mass is 16.5. The Morgan fingerprint density at radius 2 is 2.05 bits per heavy atom. The molecule has 1 aliphatic carbocycles. The molecule has 0 amide bonds. The average Bonchev–Trinajstić information content (AvgIpc) is 3.29. The van der Waals surface area contributed by atoms with Gasteiger partial charge in [0.1, 0.15) is 17.3 Å². The number of nitrogens with zero attached hydrogens (tertiary/aromatic N) is 2. The van der Waals surface area contributed by atoms with Crippen LogP contribution in [-0.4, -0.2) is 23.8 Å². The monoisotopic (exact) mass is 287 g/mol. The number of benzene rings is 1. The first kappa shape index (κ1) is 13.8. The third-order valence-electron chi connectivity index (χ3n) is 3.91. The summed E-state index contributed by atoms with van der Waals surface area (Å²) in [6.45, 7) is 2.10. The smallest absolute Gasteiger partial charge is 0.170 e. The highest BCUT2D eigenvalue weighted by Gasteiger charge is 2.30. The van der Waals surface area contributed by atoms with E-state index in [4.69, 9.17) is 20.2 Å². The van der Waals surface area contributed by atoms with Crippen LogP contribution in [0.2, 0.25) is 0 Å². The minimum absolute atomic E-state index is 0.512. The summed E-state index contributed by atoms with van der Waals surface area (Å²) in [5.74, 6) is 3.12. The molecule has 5 nitrogen and oxygen atoms in total. The van der Waals surface area contributed by atoms with Crippen LogP contribution in [0, 0.1) is 0 Å². The van der Waals surface area contributed by atoms with Crippen molar-refractivity contribution in [2.45, 2.75) is 32.2 Å². The Labute approximate surface area is 124 Å². The predicted molar refractivity (Wildman–Crippen MR) is 82.8 cm³/mol. The molecule has 5 heteroatoms. The molecular weight excluding hydrogens is 266 g/mol. The second-order valence-corrected chi connectivity index (χ2v) is 5.26. The molecule has 0 spiro atoms. The van der Waals surface area contributed by atoms with Gasteiger partial charge in [-0.25, -0.2) is 4.98 Å². The second kappa shape index (κ2) is 5.31. The summed E-state index contributed by atoms with van der Waals surface area (Å²) in [6, 6.07) is 6.28. The van der Waals surface area contributed by atoms with E-state index in [1.54, 1.807) is 14.2 Å². The van der Waals surface area contributed by atoms with Gasteiger partial charge in [-0.2, -0.15) is 0 Å². The van der Waals surface area contributed by atoms with Gasteiger partial charge >= 0.3 is 0 Å². The van der Waals surface area contributed by atoms with Crippen molar-refractivity contribution in [1.82, 2.24) is 9.55 Å². The first-order valence-corrected chi connectivity index (χ1v) is 7.29. The number of imidazole rings is 1. The lowest BCUT2D eigenvalue weighted by Gasteiger charge is -2.12. The largest absolute Gasteiger partial charge is 0.493 e. The molecule has 1 aromatic heterocycles. The molecule has 21 heavy (non-hydrogen) atoms. The standard InChI is InChI=1S/C16H21N3O2/c1-4-13-18-14(16(17)19(13)10-8-9-10)11-6-5-7-12(20-2)15(11)21-3/h5-7,10H,4,8-9,17H2,1-3H3. The Morgan fingerprint density at radius 1 is 1.29 bits per heavy atom. The van der Waals surface area contributed by atoms with Gasteiger partial charge in [0.05, 0.1) is 14.2 Å². The van der Waals surface area contributed by atoms with E-state index in [1.807, 2.05) is 18.2 Å². The molecule has 112 valence electrons. The number of nitrogens with two attached hydrogens (primary N) is 1. The Kier molecular flexibility index (Phi) is 3.49. The average molecular weight is 287 g/mol. The molecule has 1 heterocycles. The Balaban J connectivity index is 2.17. The van der Waals surface area contributed by atoms with Gasteiger partial charge in [0.2, 0.25) is 0 Å². The number of aromatic nitrogens is 2. The fourth-order valence-corrected chi connectivity index (χ4v) is 2.75. The van der Waals surface area contributed by atoms with Crippen molar-refractivity contribution in [3.8, 4) is 22.8 Å². The number of para-hydroxylation sites is 1. The number of hydrogen-bond donors (Lipinski definition) is 1. The highest BCUT2D eigenvalue weighted by molar-refractivity contribution is 5.78. The predicted octanol–water partition coefficient (Wildman–Crippen LogP) is 3.05. The lowest BCUT2D eigenvalue weighted by molar-refractivity contribution is 0.356. The van der Waals surface area contributed by atoms with Crippen molar-refractivity contribution in [3.63, 3.8) is 0 Å². The molecule has 0 atom stereocenters. The lowest BCUT2D eigenvalue weighted by atomic mass is 10.1. The zero-order valence-corrected chi connectivity index (χ0v) is 12.7. The van der Waals surface area contributed by atoms with Crippen molar-refractivity contribution in [2.24, 2.45) is 0 Å². The van der Waals surface area contributed by atoms with Gasteiger partial charge in [-0.3, -0.25) is 0 Å². The van der Waals surface area contributed by atoms with Gasteiger partial charge in [0.25, 0.3) is 0 Å². The van der Waals surface area contributed by atoms with Gasteiger partial charge in [0, 0.05) is 18.0 Å². The summed E-state index contributed by atoms with van der Waals surface area (Å²) in [5, 5.41) is 0. The van der Waals surface area contributed by atoms with E-state index in [2.05, 4.69) is 11.5 Å². The number of anilines is 1. The van der Waals surface area contributed by atoms with Crippen molar-refractivity contribution >= 4 is 5.82 Å². The maximum atomic E-state index is 6.37. The number of rotatable bonds is 5. The normalized spacial score (nSPS) is 14.2. The molecule has 1 fully saturated rings. The number of aryl methyl sites for hydroxylation is 1. The third kappa shape index (κ3) is 2.22. The first-order valence-electron chi connectivity index (χ1n) is 7.29. The van der Waals surface area contributed by atoms with Crippen molar-refractivity contribution in [1.29, 1.82) is 0 Å². The van der Waals surface area contributed by atoms with E-state index in [-0.39, 0.29) is 0 Å². The molecular formula is C16H21N3O2. The van der Waals surface area contributed by atoms with Crippen LogP contribution < -0.4 is 15.2 Å². The van der Waals surface area contributed by atoms with Crippen LogP contribution in [0.1, 0.15) is 31.6 Å². The zero-order valence-electron chi connectivity index (χ0n) is 12.7. The van der Waals surface area contributed by atoms with Crippen molar-refractivity contribution < 1.29 is 9.47 Å². The van der Waals surface area contributed by atoms with E-state index in [1.165, 1.54) is 12.8 Å². The van der Waals surface area contributed by atoms with Crippen LogP contribution in [0.15, 0.2) is 18.2 Å². The fraction of sp³-hybridized carbons (Fsp3) is 0.438. The molecule has 1 aliphatic rings. The molecule has 0 saturated heterocycles. The Bertz CT molecular complexity index is 660. The summed E-state index contributed by atoms with van der Waals surface area (Å²) in [4.78, 5) is 4.75. The SMILES string of the molecule is CCc1nc(-c2cccc(OC)c2OC)c(N)n1C1CC1. The number of nitrogen functional groups attached to an aromatic ring is 1. The third-order valence-corrected chi connectivity index (χ3v) is 3.91. The summed E-state index contributed by atoms with van der Waals surface area (Å²) in [6.07, 6.45) is 3.23. The molecule has 1 saturated carbocycles. The molecule has 0 bridgehead atoms. The quantitative estimate of drug-likeness (QED) is 0.918.